The molecule has 0 fully saturated rings. The Morgan fingerprint density at radius 1 is 0.947 bits per heavy atom. The number of hydrogen-bond acceptors (Lipinski definition) is 2. The van der Waals surface area contributed by atoms with E-state index < -0.39 is 24.7 Å². The van der Waals surface area contributed by atoms with Crippen LogP contribution in [0.2, 0.25) is 52.4 Å². The third-order valence-electron chi connectivity index (χ3n) is 4.26. The molecule has 0 heterocycles. The fourth-order valence-corrected chi connectivity index (χ4v) is 9.89. The Hall–Kier alpha value is 0.571. The van der Waals surface area contributed by atoms with E-state index in [0.717, 1.165) is 6.42 Å². The Labute approximate surface area is 124 Å². The van der Waals surface area contributed by atoms with Crippen LogP contribution in [0.15, 0.2) is 0 Å². The Kier molecular flexibility index (Phi) is 6.32. The number of rotatable bonds is 7. The standard InChI is InChI=1S/C14H36O2Si3/c1-12-14(3,17(4,5)6)16-19(10,11)13(2)15-18(7,8)9/h13H,12H2,1-11H3/t13?,14-/m1/s1. The average molecular weight is 321 g/mol. The minimum absolute atomic E-state index is 0.0553. The Bertz CT molecular complexity index is 292. The van der Waals surface area contributed by atoms with Crippen molar-refractivity contribution in [3.05, 3.63) is 0 Å². The molecule has 0 spiro atoms. The zero-order valence-corrected chi connectivity index (χ0v) is 18.1. The summed E-state index contributed by atoms with van der Waals surface area (Å²) in [7, 11) is -4.69. The molecule has 0 aromatic rings. The molecule has 2 nitrogen and oxygen atoms in total. The first-order valence-corrected chi connectivity index (χ1v) is 17.4. The SMILES string of the molecule is CC[C@](C)(O[Si](C)(C)C(C)O[Si](C)(C)C)[Si](C)(C)C. The smallest absolute Gasteiger partial charge is 0.213 e. The molecule has 0 aromatic heterocycles. The highest BCUT2D eigenvalue weighted by molar-refractivity contribution is 6.81. The van der Waals surface area contributed by atoms with Crippen LogP contribution in [0.5, 0.6) is 0 Å². The van der Waals surface area contributed by atoms with Crippen molar-refractivity contribution in [1.82, 2.24) is 0 Å². The van der Waals surface area contributed by atoms with Gasteiger partial charge in [0.1, 0.15) is 0 Å². The van der Waals surface area contributed by atoms with Crippen LogP contribution in [0.25, 0.3) is 0 Å². The summed E-state index contributed by atoms with van der Waals surface area (Å²) >= 11 is 0. The first-order chi connectivity index (χ1) is 8.15. The minimum Gasteiger partial charge on any atom is -0.415 e. The molecular weight excluding hydrogens is 284 g/mol. The van der Waals surface area contributed by atoms with Gasteiger partial charge in [-0.05, 0) is 53.0 Å². The summed E-state index contributed by atoms with van der Waals surface area (Å²) in [6.45, 7) is 25.4. The Morgan fingerprint density at radius 3 is 1.63 bits per heavy atom. The van der Waals surface area contributed by atoms with Crippen LogP contribution >= 0.6 is 0 Å². The second-order valence-electron chi connectivity index (χ2n) is 8.41. The Balaban J connectivity index is 5.03. The Morgan fingerprint density at radius 2 is 1.37 bits per heavy atom. The molecule has 2 atom stereocenters. The van der Waals surface area contributed by atoms with Crippen molar-refractivity contribution in [2.45, 2.75) is 90.5 Å². The van der Waals surface area contributed by atoms with Gasteiger partial charge in [0.2, 0.25) is 8.32 Å². The van der Waals surface area contributed by atoms with Crippen molar-refractivity contribution in [2.75, 3.05) is 0 Å². The van der Waals surface area contributed by atoms with Crippen LogP contribution in [0.4, 0.5) is 0 Å². The van der Waals surface area contributed by atoms with E-state index in [1.165, 1.54) is 0 Å². The van der Waals surface area contributed by atoms with Gasteiger partial charge in [-0.2, -0.15) is 0 Å². The highest BCUT2D eigenvalue weighted by atomic mass is 28.4. The molecule has 1 unspecified atom stereocenters. The predicted molar refractivity (Wildman–Crippen MR) is 94.5 cm³/mol. The van der Waals surface area contributed by atoms with Crippen molar-refractivity contribution in [2.24, 2.45) is 0 Å². The molecule has 19 heavy (non-hydrogen) atoms. The third-order valence-corrected chi connectivity index (χ3v) is 12.4. The highest BCUT2D eigenvalue weighted by Crippen LogP contribution is 2.33. The fourth-order valence-electron chi connectivity index (χ4n) is 2.09. The highest BCUT2D eigenvalue weighted by Gasteiger charge is 2.46. The lowest BCUT2D eigenvalue weighted by molar-refractivity contribution is 0.124. The summed E-state index contributed by atoms with van der Waals surface area (Å²) in [6, 6.07) is 0. The van der Waals surface area contributed by atoms with E-state index in [-0.39, 0.29) is 11.0 Å². The van der Waals surface area contributed by atoms with Crippen molar-refractivity contribution in [3.8, 4) is 0 Å². The predicted octanol–water partition coefficient (Wildman–Crippen LogP) is 5.03. The van der Waals surface area contributed by atoms with E-state index in [4.69, 9.17) is 8.85 Å². The van der Waals surface area contributed by atoms with E-state index in [2.05, 4.69) is 73.1 Å². The molecule has 5 heteroatoms. The molecule has 0 bridgehead atoms. The third kappa shape index (κ3) is 5.83. The normalized spacial score (nSPS) is 19.1. The van der Waals surface area contributed by atoms with Gasteiger partial charge in [-0.25, -0.2) is 0 Å². The minimum atomic E-state index is -1.84. The molecule has 0 radical (unpaired) electrons. The molecule has 0 amide bonds. The lowest BCUT2D eigenvalue weighted by Crippen LogP contribution is -2.60. The molecular formula is C14H36O2Si3. The van der Waals surface area contributed by atoms with E-state index in [1.807, 2.05) is 0 Å². The second kappa shape index (κ2) is 6.13. The van der Waals surface area contributed by atoms with Gasteiger partial charge in [0.25, 0.3) is 0 Å². The summed E-state index contributed by atoms with van der Waals surface area (Å²) in [6.07, 6.45) is 1.10. The fraction of sp³-hybridized carbons (Fsp3) is 1.00. The van der Waals surface area contributed by atoms with Crippen LogP contribution in [-0.2, 0) is 8.85 Å². The van der Waals surface area contributed by atoms with Crippen molar-refractivity contribution < 1.29 is 8.85 Å². The maximum absolute atomic E-state index is 6.74. The molecule has 0 aliphatic heterocycles. The summed E-state index contributed by atoms with van der Waals surface area (Å²) in [5, 5.41) is 0.0553. The van der Waals surface area contributed by atoms with Gasteiger partial charge < -0.3 is 8.85 Å². The molecule has 0 saturated heterocycles. The first kappa shape index (κ1) is 19.6. The van der Waals surface area contributed by atoms with Crippen molar-refractivity contribution >= 4 is 24.7 Å². The monoisotopic (exact) mass is 320 g/mol. The zero-order chi connectivity index (χ0) is 15.7. The van der Waals surface area contributed by atoms with Crippen molar-refractivity contribution in [3.63, 3.8) is 0 Å². The summed E-state index contributed by atoms with van der Waals surface area (Å²) in [5.74, 6) is 0. The lowest BCUT2D eigenvalue weighted by atomic mass is 10.3. The van der Waals surface area contributed by atoms with E-state index in [0.29, 0.717) is 0 Å². The quantitative estimate of drug-likeness (QED) is 0.612. The topological polar surface area (TPSA) is 18.5 Å². The van der Waals surface area contributed by atoms with Crippen molar-refractivity contribution in [1.29, 1.82) is 0 Å². The van der Waals surface area contributed by atoms with Gasteiger partial charge in [0, 0.05) is 5.22 Å². The summed E-state index contributed by atoms with van der Waals surface area (Å²) in [4.78, 5) is 0. The van der Waals surface area contributed by atoms with Gasteiger partial charge in [0.15, 0.2) is 8.32 Å². The number of hydrogen-bond donors (Lipinski definition) is 0. The van der Waals surface area contributed by atoms with E-state index >= 15 is 0 Å². The maximum atomic E-state index is 6.74. The second-order valence-corrected chi connectivity index (χ2v) is 22.7. The molecule has 0 aromatic carbocycles. The molecule has 0 aliphatic carbocycles. The van der Waals surface area contributed by atoms with E-state index in [9.17, 15) is 0 Å². The van der Waals surface area contributed by atoms with Gasteiger partial charge in [0.05, 0.1) is 13.8 Å². The largest absolute Gasteiger partial charge is 0.415 e. The van der Waals surface area contributed by atoms with Crippen LogP contribution in [0.1, 0.15) is 27.2 Å². The summed E-state index contributed by atoms with van der Waals surface area (Å²) in [5.41, 5.74) is 0.265. The average Bonchev–Trinajstić information content (AvgIpc) is 2.12. The van der Waals surface area contributed by atoms with Crippen LogP contribution in [-0.4, -0.2) is 35.7 Å². The molecule has 0 rings (SSSR count). The van der Waals surface area contributed by atoms with Gasteiger partial charge >= 0.3 is 0 Å². The van der Waals surface area contributed by atoms with E-state index in [1.54, 1.807) is 0 Å². The first-order valence-electron chi connectivity index (χ1n) is 7.52. The molecule has 116 valence electrons. The van der Waals surface area contributed by atoms with Crippen LogP contribution in [0, 0.1) is 0 Å². The van der Waals surface area contributed by atoms with Crippen LogP contribution < -0.4 is 0 Å². The van der Waals surface area contributed by atoms with Gasteiger partial charge in [-0.15, -0.1) is 0 Å². The lowest BCUT2D eigenvalue weighted by Gasteiger charge is -2.47. The molecule has 0 aliphatic rings. The van der Waals surface area contributed by atoms with Gasteiger partial charge in [-0.1, -0.05) is 26.6 Å². The van der Waals surface area contributed by atoms with Crippen LogP contribution in [0.3, 0.4) is 0 Å². The maximum Gasteiger partial charge on any atom is 0.213 e. The summed E-state index contributed by atoms with van der Waals surface area (Å²) < 4.78 is 13.0. The molecule has 0 N–H and O–H groups in total. The zero-order valence-electron chi connectivity index (χ0n) is 15.1. The van der Waals surface area contributed by atoms with Gasteiger partial charge in [-0.3, -0.25) is 0 Å². The molecule has 0 saturated carbocycles.